The third kappa shape index (κ3) is 3.25. The summed E-state index contributed by atoms with van der Waals surface area (Å²) in [5.41, 5.74) is 6.35. The standard InChI is InChI=1S/C10H14N2O/c1-8(10(11)12)13-7-9-5-3-2-4-6-9/h2-6,8H,7H2,1H3,(H3,11,12). The molecule has 0 saturated heterocycles. The van der Waals surface area contributed by atoms with Crippen molar-refractivity contribution in [3.8, 4) is 0 Å². The van der Waals surface area contributed by atoms with Gasteiger partial charge in [0.25, 0.3) is 0 Å². The van der Waals surface area contributed by atoms with E-state index in [0.717, 1.165) is 5.56 Å². The molecule has 0 aromatic heterocycles. The van der Waals surface area contributed by atoms with Crippen molar-refractivity contribution in [1.29, 1.82) is 5.41 Å². The van der Waals surface area contributed by atoms with E-state index >= 15 is 0 Å². The van der Waals surface area contributed by atoms with E-state index in [0.29, 0.717) is 6.61 Å². The highest BCUT2D eigenvalue weighted by molar-refractivity contribution is 5.81. The summed E-state index contributed by atoms with van der Waals surface area (Å²) in [7, 11) is 0. The van der Waals surface area contributed by atoms with Crippen LogP contribution in [0.25, 0.3) is 0 Å². The predicted octanol–water partition coefficient (Wildman–Crippen LogP) is 1.53. The average molecular weight is 178 g/mol. The molecule has 0 aliphatic rings. The number of amidine groups is 1. The van der Waals surface area contributed by atoms with Gasteiger partial charge < -0.3 is 10.5 Å². The van der Waals surface area contributed by atoms with Gasteiger partial charge in [0.05, 0.1) is 6.61 Å². The summed E-state index contributed by atoms with van der Waals surface area (Å²) in [5.74, 6) is 0.0657. The molecular weight excluding hydrogens is 164 g/mol. The smallest absolute Gasteiger partial charge is 0.120 e. The summed E-state index contributed by atoms with van der Waals surface area (Å²) in [5, 5.41) is 7.12. The molecule has 70 valence electrons. The number of benzene rings is 1. The minimum absolute atomic E-state index is 0.0657. The molecule has 1 aromatic carbocycles. The second-order valence-corrected chi connectivity index (χ2v) is 2.89. The number of hydrogen-bond acceptors (Lipinski definition) is 2. The van der Waals surface area contributed by atoms with Crippen molar-refractivity contribution in [3.63, 3.8) is 0 Å². The molecule has 3 heteroatoms. The minimum Gasteiger partial charge on any atom is -0.385 e. The maximum absolute atomic E-state index is 7.12. The lowest BCUT2D eigenvalue weighted by atomic mass is 10.2. The van der Waals surface area contributed by atoms with Gasteiger partial charge in [-0.1, -0.05) is 30.3 Å². The lowest BCUT2D eigenvalue weighted by Crippen LogP contribution is -2.27. The quantitative estimate of drug-likeness (QED) is 0.542. The molecule has 0 aliphatic carbocycles. The van der Waals surface area contributed by atoms with Gasteiger partial charge in [0.2, 0.25) is 0 Å². The first-order chi connectivity index (χ1) is 6.20. The molecule has 0 bridgehead atoms. The average Bonchev–Trinajstić information content (AvgIpc) is 2.15. The molecule has 0 aliphatic heterocycles. The largest absolute Gasteiger partial charge is 0.385 e. The summed E-state index contributed by atoms with van der Waals surface area (Å²) in [4.78, 5) is 0. The zero-order valence-electron chi connectivity index (χ0n) is 7.66. The Hall–Kier alpha value is -1.35. The molecule has 3 N–H and O–H groups in total. The molecule has 3 nitrogen and oxygen atoms in total. The van der Waals surface area contributed by atoms with Crippen LogP contribution in [0.1, 0.15) is 12.5 Å². The first-order valence-electron chi connectivity index (χ1n) is 4.19. The van der Waals surface area contributed by atoms with E-state index in [-0.39, 0.29) is 11.9 Å². The van der Waals surface area contributed by atoms with Gasteiger partial charge in [-0.2, -0.15) is 0 Å². The Morgan fingerprint density at radius 3 is 2.62 bits per heavy atom. The predicted molar refractivity (Wildman–Crippen MR) is 52.6 cm³/mol. The number of hydrogen-bond donors (Lipinski definition) is 2. The van der Waals surface area contributed by atoms with Gasteiger partial charge >= 0.3 is 0 Å². The monoisotopic (exact) mass is 178 g/mol. The highest BCUT2D eigenvalue weighted by Gasteiger charge is 2.04. The molecule has 0 fully saturated rings. The Morgan fingerprint density at radius 2 is 2.08 bits per heavy atom. The normalized spacial score (nSPS) is 12.4. The van der Waals surface area contributed by atoms with E-state index < -0.39 is 0 Å². The third-order valence-electron chi connectivity index (χ3n) is 1.78. The van der Waals surface area contributed by atoms with Crippen LogP contribution < -0.4 is 5.73 Å². The summed E-state index contributed by atoms with van der Waals surface area (Å²) in [6.07, 6.45) is -0.305. The van der Waals surface area contributed by atoms with Crippen LogP contribution in [-0.4, -0.2) is 11.9 Å². The van der Waals surface area contributed by atoms with E-state index in [1.807, 2.05) is 30.3 Å². The van der Waals surface area contributed by atoms with Crippen molar-refractivity contribution in [3.05, 3.63) is 35.9 Å². The fraction of sp³-hybridized carbons (Fsp3) is 0.300. The van der Waals surface area contributed by atoms with Gasteiger partial charge in [0.1, 0.15) is 11.9 Å². The molecule has 1 atom stereocenters. The molecule has 0 radical (unpaired) electrons. The van der Waals surface area contributed by atoms with Gasteiger partial charge in [0.15, 0.2) is 0 Å². The van der Waals surface area contributed by atoms with E-state index in [1.54, 1.807) is 6.92 Å². The first-order valence-corrected chi connectivity index (χ1v) is 4.19. The highest BCUT2D eigenvalue weighted by Crippen LogP contribution is 2.02. The number of ether oxygens (including phenoxy) is 1. The maximum atomic E-state index is 7.12. The highest BCUT2D eigenvalue weighted by atomic mass is 16.5. The molecule has 0 spiro atoms. The summed E-state index contributed by atoms with van der Waals surface area (Å²) in [6.45, 7) is 2.27. The van der Waals surface area contributed by atoms with Gasteiger partial charge in [0, 0.05) is 0 Å². The summed E-state index contributed by atoms with van der Waals surface area (Å²) in [6, 6.07) is 9.83. The summed E-state index contributed by atoms with van der Waals surface area (Å²) >= 11 is 0. The first kappa shape index (κ1) is 9.74. The SMILES string of the molecule is CC(OCc1ccccc1)C(=N)N. The van der Waals surface area contributed by atoms with Crippen molar-refractivity contribution >= 4 is 5.84 Å². The van der Waals surface area contributed by atoms with Crippen molar-refractivity contribution in [2.45, 2.75) is 19.6 Å². The third-order valence-corrected chi connectivity index (χ3v) is 1.78. The van der Waals surface area contributed by atoms with Crippen LogP contribution in [0.4, 0.5) is 0 Å². The molecule has 0 heterocycles. The zero-order valence-corrected chi connectivity index (χ0v) is 7.66. The van der Waals surface area contributed by atoms with E-state index in [1.165, 1.54) is 0 Å². The Kier molecular flexibility index (Phi) is 3.46. The minimum atomic E-state index is -0.305. The van der Waals surface area contributed by atoms with E-state index in [4.69, 9.17) is 15.9 Å². The molecule has 0 saturated carbocycles. The van der Waals surface area contributed by atoms with Crippen molar-refractivity contribution < 1.29 is 4.74 Å². The van der Waals surface area contributed by atoms with Gasteiger partial charge in [-0.3, -0.25) is 5.41 Å². The molecule has 0 amide bonds. The van der Waals surface area contributed by atoms with Crippen molar-refractivity contribution in [1.82, 2.24) is 0 Å². The topological polar surface area (TPSA) is 59.1 Å². The zero-order chi connectivity index (χ0) is 9.68. The van der Waals surface area contributed by atoms with Crippen molar-refractivity contribution in [2.75, 3.05) is 0 Å². The lowest BCUT2D eigenvalue weighted by molar-refractivity contribution is 0.0948. The molecule has 1 unspecified atom stereocenters. The number of nitrogens with one attached hydrogen (secondary N) is 1. The van der Waals surface area contributed by atoms with Gasteiger partial charge in [-0.05, 0) is 12.5 Å². The fourth-order valence-electron chi connectivity index (χ4n) is 0.885. The van der Waals surface area contributed by atoms with Crippen LogP contribution in [-0.2, 0) is 11.3 Å². The van der Waals surface area contributed by atoms with Crippen LogP contribution >= 0.6 is 0 Å². The second-order valence-electron chi connectivity index (χ2n) is 2.89. The van der Waals surface area contributed by atoms with Crippen LogP contribution in [0.5, 0.6) is 0 Å². The van der Waals surface area contributed by atoms with Gasteiger partial charge in [-0.15, -0.1) is 0 Å². The van der Waals surface area contributed by atoms with Crippen LogP contribution in [0.15, 0.2) is 30.3 Å². The Balaban J connectivity index is 2.39. The summed E-state index contributed by atoms with van der Waals surface area (Å²) < 4.78 is 5.34. The van der Waals surface area contributed by atoms with E-state index in [2.05, 4.69) is 0 Å². The Labute approximate surface area is 78.0 Å². The van der Waals surface area contributed by atoms with E-state index in [9.17, 15) is 0 Å². The molecule has 13 heavy (non-hydrogen) atoms. The Bertz CT molecular complexity index is 272. The number of nitrogens with two attached hydrogens (primary N) is 1. The van der Waals surface area contributed by atoms with Gasteiger partial charge in [-0.25, -0.2) is 0 Å². The fourth-order valence-corrected chi connectivity index (χ4v) is 0.885. The van der Waals surface area contributed by atoms with Crippen molar-refractivity contribution in [2.24, 2.45) is 5.73 Å². The molecular formula is C10H14N2O. The lowest BCUT2D eigenvalue weighted by Gasteiger charge is -2.10. The number of rotatable bonds is 4. The second kappa shape index (κ2) is 4.62. The van der Waals surface area contributed by atoms with Crippen LogP contribution in [0, 0.1) is 5.41 Å². The van der Waals surface area contributed by atoms with Crippen LogP contribution in [0.3, 0.4) is 0 Å². The molecule has 1 aromatic rings. The maximum Gasteiger partial charge on any atom is 0.120 e. The Morgan fingerprint density at radius 1 is 1.46 bits per heavy atom. The van der Waals surface area contributed by atoms with Crippen LogP contribution in [0.2, 0.25) is 0 Å². The molecule has 1 rings (SSSR count).